The van der Waals surface area contributed by atoms with Crippen LogP contribution in [0.25, 0.3) is 0 Å². The highest BCUT2D eigenvalue weighted by Crippen LogP contribution is 2.29. The molecule has 8 heteroatoms. The molecule has 3 heterocycles. The van der Waals surface area contributed by atoms with Crippen molar-refractivity contribution >= 4 is 5.96 Å². The predicted molar refractivity (Wildman–Crippen MR) is 101 cm³/mol. The van der Waals surface area contributed by atoms with E-state index in [0.717, 1.165) is 69.5 Å². The van der Waals surface area contributed by atoms with Gasteiger partial charge in [0.15, 0.2) is 5.96 Å². The highest BCUT2D eigenvalue weighted by Gasteiger charge is 2.32. The topological polar surface area (TPSA) is 34.1 Å². The molecule has 4 rings (SSSR count). The van der Waals surface area contributed by atoms with Crippen LogP contribution in [-0.2, 0) is 12.7 Å². The van der Waals surface area contributed by atoms with Crippen LogP contribution in [0.15, 0.2) is 29.3 Å². The van der Waals surface area contributed by atoms with Crippen LogP contribution in [0.2, 0.25) is 0 Å². The standard InChI is InChI=1S/C19H28F3N5/c1-3-23-18(24-12-17-14-26-8-10-27(17)11-9-26)25(2)13-15-4-6-16(7-5-15)19(20,21)22/h4-7,17H,3,8-14H2,1-2H3,(H,23,24). The Balaban J connectivity index is 1.61. The zero-order chi connectivity index (χ0) is 19.4. The number of benzene rings is 1. The van der Waals surface area contributed by atoms with Gasteiger partial charge in [-0.25, -0.2) is 0 Å². The Labute approximate surface area is 158 Å². The summed E-state index contributed by atoms with van der Waals surface area (Å²) in [5.41, 5.74) is 0.202. The predicted octanol–water partition coefficient (Wildman–Crippen LogP) is 2.10. The van der Waals surface area contributed by atoms with Crippen LogP contribution >= 0.6 is 0 Å². The Hall–Kier alpha value is -1.80. The largest absolute Gasteiger partial charge is 0.416 e. The SMILES string of the molecule is CCNC(=NCC1CN2CCN1CC2)N(C)Cc1ccc(C(F)(F)F)cc1. The van der Waals surface area contributed by atoms with Gasteiger partial charge in [0.2, 0.25) is 0 Å². The number of halogens is 3. The highest BCUT2D eigenvalue weighted by atomic mass is 19.4. The molecule has 0 saturated carbocycles. The fraction of sp³-hybridized carbons (Fsp3) is 0.632. The van der Waals surface area contributed by atoms with Gasteiger partial charge in [-0.1, -0.05) is 12.1 Å². The Bertz CT molecular complexity index is 636. The number of rotatable bonds is 5. The quantitative estimate of drug-likeness (QED) is 0.624. The number of fused-ring (bicyclic) bond motifs is 3. The molecular weight excluding hydrogens is 355 g/mol. The minimum Gasteiger partial charge on any atom is -0.357 e. The molecule has 1 aromatic carbocycles. The molecule has 0 amide bonds. The molecule has 0 spiro atoms. The van der Waals surface area contributed by atoms with Gasteiger partial charge in [-0.05, 0) is 24.6 Å². The lowest BCUT2D eigenvalue weighted by molar-refractivity contribution is -0.137. The Kier molecular flexibility index (Phi) is 6.26. The molecule has 1 atom stereocenters. The summed E-state index contributed by atoms with van der Waals surface area (Å²) in [7, 11) is 1.91. The fourth-order valence-electron chi connectivity index (χ4n) is 3.71. The molecule has 2 bridgehead atoms. The van der Waals surface area contributed by atoms with E-state index in [9.17, 15) is 13.2 Å². The first-order valence-electron chi connectivity index (χ1n) is 9.49. The summed E-state index contributed by atoms with van der Waals surface area (Å²) < 4.78 is 38.1. The molecule has 27 heavy (non-hydrogen) atoms. The second-order valence-corrected chi connectivity index (χ2v) is 7.24. The number of guanidine groups is 1. The number of piperazine rings is 3. The number of nitrogens with one attached hydrogen (secondary N) is 1. The number of alkyl halides is 3. The first kappa shape index (κ1) is 19.9. The number of nitrogens with zero attached hydrogens (tertiary/aromatic N) is 4. The number of aliphatic imine (C=N–C) groups is 1. The van der Waals surface area contributed by atoms with Crippen molar-refractivity contribution in [3.63, 3.8) is 0 Å². The van der Waals surface area contributed by atoms with Gasteiger partial charge in [-0.3, -0.25) is 14.8 Å². The van der Waals surface area contributed by atoms with Gasteiger partial charge >= 0.3 is 6.18 Å². The smallest absolute Gasteiger partial charge is 0.357 e. The van der Waals surface area contributed by atoms with Crippen molar-refractivity contribution in [2.24, 2.45) is 4.99 Å². The Morgan fingerprint density at radius 3 is 2.37 bits per heavy atom. The summed E-state index contributed by atoms with van der Waals surface area (Å²) >= 11 is 0. The van der Waals surface area contributed by atoms with E-state index < -0.39 is 11.7 Å². The molecule has 0 aromatic heterocycles. The third kappa shape index (κ3) is 5.13. The van der Waals surface area contributed by atoms with E-state index in [4.69, 9.17) is 4.99 Å². The lowest BCUT2D eigenvalue weighted by Crippen LogP contribution is -2.62. The van der Waals surface area contributed by atoms with Crippen LogP contribution in [0.1, 0.15) is 18.1 Å². The number of hydrogen-bond donors (Lipinski definition) is 1. The maximum atomic E-state index is 12.7. The third-order valence-corrected chi connectivity index (χ3v) is 5.24. The minimum atomic E-state index is -4.30. The van der Waals surface area contributed by atoms with E-state index in [1.165, 1.54) is 12.1 Å². The first-order chi connectivity index (χ1) is 12.9. The molecule has 0 aliphatic carbocycles. The Morgan fingerprint density at radius 1 is 1.19 bits per heavy atom. The van der Waals surface area contributed by atoms with Gasteiger partial charge in [0.1, 0.15) is 0 Å². The van der Waals surface area contributed by atoms with E-state index in [1.807, 2.05) is 18.9 Å². The molecule has 1 N–H and O–H groups in total. The molecule has 1 unspecified atom stereocenters. The normalized spacial score (nSPS) is 25.5. The van der Waals surface area contributed by atoms with Crippen LogP contribution in [0.3, 0.4) is 0 Å². The summed E-state index contributed by atoms with van der Waals surface area (Å²) in [6.45, 7) is 9.57. The molecule has 5 nitrogen and oxygen atoms in total. The Morgan fingerprint density at radius 2 is 1.85 bits per heavy atom. The van der Waals surface area contributed by atoms with Crippen LogP contribution in [0, 0.1) is 0 Å². The van der Waals surface area contributed by atoms with E-state index in [1.54, 1.807) is 0 Å². The zero-order valence-electron chi connectivity index (χ0n) is 16.0. The summed E-state index contributed by atoms with van der Waals surface area (Å²) in [5.74, 6) is 0.787. The van der Waals surface area contributed by atoms with Crippen molar-refractivity contribution in [3.05, 3.63) is 35.4 Å². The van der Waals surface area contributed by atoms with Crippen LogP contribution in [0.4, 0.5) is 13.2 Å². The maximum Gasteiger partial charge on any atom is 0.416 e. The average molecular weight is 383 g/mol. The summed E-state index contributed by atoms with van der Waals surface area (Å²) in [4.78, 5) is 11.7. The van der Waals surface area contributed by atoms with Crippen molar-refractivity contribution in [1.82, 2.24) is 20.0 Å². The second-order valence-electron chi connectivity index (χ2n) is 7.24. The molecule has 0 radical (unpaired) electrons. The van der Waals surface area contributed by atoms with Crippen LogP contribution < -0.4 is 5.32 Å². The average Bonchev–Trinajstić information content (AvgIpc) is 2.65. The van der Waals surface area contributed by atoms with Crippen molar-refractivity contribution in [1.29, 1.82) is 0 Å². The summed E-state index contributed by atoms with van der Waals surface area (Å²) in [6, 6.07) is 5.77. The van der Waals surface area contributed by atoms with Crippen molar-refractivity contribution < 1.29 is 13.2 Å². The van der Waals surface area contributed by atoms with E-state index in [0.29, 0.717) is 12.6 Å². The van der Waals surface area contributed by atoms with Crippen molar-refractivity contribution in [2.45, 2.75) is 25.7 Å². The first-order valence-corrected chi connectivity index (χ1v) is 9.49. The van der Waals surface area contributed by atoms with E-state index in [-0.39, 0.29) is 0 Å². The van der Waals surface area contributed by atoms with E-state index >= 15 is 0 Å². The molecule has 3 aliphatic rings. The van der Waals surface area contributed by atoms with Crippen LogP contribution in [-0.4, -0.2) is 79.6 Å². The lowest BCUT2D eigenvalue weighted by atomic mass is 10.1. The molecule has 150 valence electrons. The summed E-state index contributed by atoms with van der Waals surface area (Å²) in [5, 5.41) is 3.29. The van der Waals surface area contributed by atoms with Gasteiger partial charge < -0.3 is 10.2 Å². The van der Waals surface area contributed by atoms with Gasteiger partial charge in [0.05, 0.1) is 12.1 Å². The van der Waals surface area contributed by atoms with Gasteiger partial charge in [-0.15, -0.1) is 0 Å². The third-order valence-electron chi connectivity index (χ3n) is 5.24. The maximum absolute atomic E-state index is 12.7. The summed E-state index contributed by atoms with van der Waals surface area (Å²) in [6.07, 6.45) is -4.30. The minimum absolute atomic E-state index is 0.445. The molecule has 3 fully saturated rings. The van der Waals surface area contributed by atoms with Gasteiger partial charge in [-0.2, -0.15) is 13.2 Å². The highest BCUT2D eigenvalue weighted by molar-refractivity contribution is 5.79. The molecule has 3 saturated heterocycles. The van der Waals surface area contributed by atoms with Crippen molar-refractivity contribution in [3.8, 4) is 0 Å². The number of hydrogen-bond acceptors (Lipinski definition) is 3. The molecule has 3 aliphatic heterocycles. The lowest BCUT2D eigenvalue weighted by Gasteiger charge is -2.47. The second kappa shape index (κ2) is 8.48. The monoisotopic (exact) mass is 383 g/mol. The van der Waals surface area contributed by atoms with Crippen molar-refractivity contribution in [2.75, 3.05) is 52.9 Å². The van der Waals surface area contributed by atoms with Gasteiger partial charge in [0.25, 0.3) is 0 Å². The zero-order valence-corrected chi connectivity index (χ0v) is 16.0. The molecule has 1 aromatic rings. The van der Waals surface area contributed by atoms with Gasteiger partial charge in [0, 0.05) is 58.9 Å². The van der Waals surface area contributed by atoms with Crippen LogP contribution in [0.5, 0.6) is 0 Å². The van der Waals surface area contributed by atoms with E-state index in [2.05, 4.69) is 15.1 Å². The fourth-order valence-corrected chi connectivity index (χ4v) is 3.71. The molecular formula is C19H28F3N5.